The summed E-state index contributed by atoms with van der Waals surface area (Å²) in [7, 11) is 1.39. The molecule has 1 aliphatic heterocycles. The van der Waals surface area contributed by atoms with E-state index in [1.165, 1.54) is 7.11 Å². The van der Waals surface area contributed by atoms with Crippen molar-refractivity contribution in [3.05, 3.63) is 11.6 Å². The zero-order valence-electron chi connectivity index (χ0n) is 10.0. The van der Waals surface area contributed by atoms with Crippen LogP contribution in [0.2, 0.25) is 0 Å². The molecule has 86 valence electrons. The summed E-state index contributed by atoms with van der Waals surface area (Å²) in [5.41, 5.74) is 0.611. The molecule has 2 unspecified atom stereocenters. The van der Waals surface area contributed by atoms with E-state index >= 15 is 0 Å². The van der Waals surface area contributed by atoms with Crippen LogP contribution < -0.4 is 0 Å². The van der Waals surface area contributed by atoms with Gasteiger partial charge in [0.1, 0.15) is 0 Å². The predicted octanol–water partition coefficient (Wildman–Crippen LogP) is 2.45. The Morgan fingerprint density at radius 3 is 2.80 bits per heavy atom. The van der Waals surface area contributed by atoms with Gasteiger partial charge >= 0.3 is 5.97 Å². The fourth-order valence-electron chi connectivity index (χ4n) is 1.82. The number of methoxy groups -OCH3 is 1. The summed E-state index contributed by atoms with van der Waals surface area (Å²) in [5, 5.41) is 0. The van der Waals surface area contributed by atoms with Crippen molar-refractivity contribution in [3.8, 4) is 0 Å². The van der Waals surface area contributed by atoms with E-state index in [-0.39, 0.29) is 17.7 Å². The van der Waals surface area contributed by atoms with Crippen LogP contribution in [0.3, 0.4) is 0 Å². The van der Waals surface area contributed by atoms with E-state index in [2.05, 4.69) is 18.6 Å². The highest BCUT2D eigenvalue weighted by molar-refractivity contribution is 5.87. The molecule has 0 aromatic heterocycles. The zero-order chi connectivity index (χ0) is 11.5. The lowest BCUT2D eigenvalue weighted by Crippen LogP contribution is -2.23. The molecule has 1 aliphatic rings. The third-order valence-corrected chi connectivity index (χ3v) is 3.08. The van der Waals surface area contributed by atoms with Crippen LogP contribution in [0.25, 0.3) is 0 Å². The summed E-state index contributed by atoms with van der Waals surface area (Å²) >= 11 is 0. The minimum atomic E-state index is -0.274. The average Bonchev–Trinajstić information content (AvgIpc) is 2.60. The summed E-state index contributed by atoms with van der Waals surface area (Å²) in [6, 6.07) is 0. The largest absolute Gasteiger partial charge is 0.466 e. The van der Waals surface area contributed by atoms with E-state index in [0.29, 0.717) is 5.57 Å². The number of hydrogen-bond donors (Lipinski definition) is 0. The normalized spacial score (nSPS) is 31.7. The van der Waals surface area contributed by atoms with E-state index in [1.807, 2.05) is 6.08 Å². The van der Waals surface area contributed by atoms with Gasteiger partial charge in [-0.3, -0.25) is 0 Å². The van der Waals surface area contributed by atoms with Crippen molar-refractivity contribution in [1.82, 2.24) is 0 Å². The van der Waals surface area contributed by atoms with Crippen molar-refractivity contribution in [1.29, 1.82) is 0 Å². The predicted molar refractivity (Wildman–Crippen MR) is 58.6 cm³/mol. The number of ether oxygens (including phenoxy) is 2. The lowest BCUT2D eigenvalue weighted by Gasteiger charge is -2.22. The van der Waals surface area contributed by atoms with Crippen molar-refractivity contribution < 1.29 is 14.3 Å². The molecule has 1 heterocycles. The fraction of sp³-hybridized carbons (Fsp3) is 0.750. The van der Waals surface area contributed by atoms with E-state index < -0.39 is 0 Å². The highest BCUT2D eigenvalue weighted by Gasteiger charge is 2.33. The topological polar surface area (TPSA) is 35.5 Å². The van der Waals surface area contributed by atoms with Crippen LogP contribution in [0.4, 0.5) is 0 Å². The van der Waals surface area contributed by atoms with E-state index in [0.717, 1.165) is 19.3 Å². The Balaban J connectivity index is 2.59. The van der Waals surface area contributed by atoms with E-state index in [9.17, 15) is 4.79 Å². The highest BCUT2D eigenvalue weighted by atomic mass is 16.5. The lowest BCUT2D eigenvalue weighted by atomic mass is 9.99. The van der Waals surface area contributed by atoms with Gasteiger partial charge in [-0.25, -0.2) is 4.79 Å². The number of carbonyl (C=O) groups excluding carboxylic acids is 1. The van der Waals surface area contributed by atoms with Gasteiger partial charge in [0.15, 0.2) is 0 Å². The third-order valence-electron chi connectivity index (χ3n) is 3.08. The molecule has 0 aromatic carbocycles. The molecule has 0 radical (unpaired) electrons. The van der Waals surface area contributed by atoms with Crippen LogP contribution in [-0.2, 0) is 14.3 Å². The minimum Gasteiger partial charge on any atom is -0.466 e. The quantitative estimate of drug-likeness (QED) is 0.532. The van der Waals surface area contributed by atoms with Crippen LogP contribution in [-0.4, -0.2) is 24.8 Å². The maximum absolute atomic E-state index is 11.2. The molecule has 0 N–H and O–H groups in total. The molecule has 3 heteroatoms. The number of esters is 1. The SMILES string of the molecule is CCC1(C)CCC(/C=C(\C)C(=O)OC)O1. The second kappa shape index (κ2) is 4.79. The molecule has 1 rings (SSSR count). The van der Waals surface area contributed by atoms with Crippen LogP contribution in [0.5, 0.6) is 0 Å². The van der Waals surface area contributed by atoms with Crippen LogP contribution in [0.1, 0.15) is 40.0 Å². The van der Waals surface area contributed by atoms with Crippen molar-refractivity contribution >= 4 is 5.97 Å². The molecule has 0 aliphatic carbocycles. The Labute approximate surface area is 91.4 Å². The molecule has 3 nitrogen and oxygen atoms in total. The number of carbonyl (C=O) groups is 1. The average molecular weight is 212 g/mol. The molecular weight excluding hydrogens is 192 g/mol. The summed E-state index contributed by atoms with van der Waals surface area (Å²) in [5.74, 6) is -0.274. The highest BCUT2D eigenvalue weighted by Crippen LogP contribution is 2.33. The van der Waals surface area contributed by atoms with E-state index in [1.54, 1.807) is 6.92 Å². The number of rotatable bonds is 3. The Morgan fingerprint density at radius 1 is 1.67 bits per heavy atom. The van der Waals surface area contributed by atoms with Crippen LogP contribution >= 0.6 is 0 Å². The Bertz CT molecular complexity index is 270. The van der Waals surface area contributed by atoms with Gasteiger partial charge in [-0.05, 0) is 39.2 Å². The molecule has 2 atom stereocenters. The molecule has 1 fully saturated rings. The van der Waals surface area contributed by atoms with Gasteiger partial charge in [0, 0.05) is 5.57 Å². The molecule has 0 amide bonds. The molecule has 0 bridgehead atoms. The first-order valence-corrected chi connectivity index (χ1v) is 5.45. The maximum atomic E-state index is 11.2. The second-order valence-electron chi connectivity index (χ2n) is 4.34. The molecule has 1 saturated heterocycles. The van der Waals surface area contributed by atoms with Gasteiger partial charge in [-0.1, -0.05) is 6.92 Å². The van der Waals surface area contributed by atoms with Crippen molar-refractivity contribution in [2.24, 2.45) is 0 Å². The van der Waals surface area contributed by atoms with E-state index in [4.69, 9.17) is 4.74 Å². The van der Waals surface area contributed by atoms with Crippen molar-refractivity contribution in [3.63, 3.8) is 0 Å². The standard InChI is InChI=1S/C12H20O3/c1-5-12(3)7-6-10(15-12)8-9(2)11(13)14-4/h8,10H,5-7H2,1-4H3/b9-8+. The third kappa shape index (κ3) is 3.06. The summed E-state index contributed by atoms with van der Waals surface area (Å²) in [4.78, 5) is 11.2. The summed E-state index contributed by atoms with van der Waals surface area (Å²) < 4.78 is 10.5. The Hall–Kier alpha value is -0.830. The molecule has 0 aromatic rings. The minimum absolute atomic E-state index is 0.0163. The molecular formula is C12H20O3. The monoisotopic (exact) mass is 212 g/mol. The van der Waals surface area contributed by atoms with Gasteiger partial charge < -0.3 is 9.47 Å². The second-order valence-corrected chi connectivity index (χ2v) is 4.34. The van der Waals surface area contributed by atoms with Gasteiger partial charge in [0.05, 0.1) is 18.8 Å². The van der Waals surface area contributed by atoms with Crippen molar-refractivity contribution in [2.75, 3.05) is 7.11 Å². The Kier molecular flexibility index (Phi) is 3.91. The van der Waals surface area contributed by atoms with Gasteiger partial charge in [0.25, 0.3) is 0 Å². The zero-order valence-corrected chi connectivity index (χ0v) is 10.0. The molecule has 0 spiro atoms. The first kappa shape index (κ1) is 12.2. The van der Waals surface area contributed by atoms with Gasteiger partial charge in [-0.2, -0.15) is 0 Å². The summed E-state index contributed by atoms with van der Waals surface area (Å²) in [6.45, 7) is 6.00. The maximum Gasteiger partial charge on any atom is 0.333 e. The smallest absolute Gasteiger partial charge is 0.333 e. The van der Waals surface area contributed by atoms with Crippen molar-refractivity contribution in [2.45, 2.75) is 51.7 Å². The lowest BCUT2D eigenvalue weighted by molar-refractivity contribution is -0.136. The Morgan fingerprint density at radius 2 is 2.33 bits per heavy atom. The molecule has 0 saturated carbocycles. The van der Waals surface area contributed by atoms with Crippen LogP contribution in [0, 0.1) is 0 Å². The van der Waals surface area contributed by atoms with Gasteiger partial charge in [-0.15, -0.1) is 0 Å². The first-order chi connectivity index (χ1) is 7.00. The first-order valence-electron chi connectivity index (χ1n) is 5.45. The molecule has 15 heavy (non-hydrogen) atoms. The summed E-state index contributed by atoms with van der Waals surface area (Å²) in [6.07, 6.45) is 4.98. The van der Waals surface area contributed by atoms with Crippen LogP contribution in [0.15, 0.2) is 11.6 Å². The number of hydrogen-bond acceptors (Lipinski definition) is 3. The fourth-order valence-corrected chi connectivity index (χ4v) is 1.82. The van der Waals surface area contributed by atoms with Gasteiger partial charge in [0.2, 0.25) is 0 Å².